The van der Waals surface area contributed by atoms with E-state index in [0.717, 1.165) is 29.2 Å². The molecular formula is C19H22N4O2S. The summed E-state index contributed by atoms with van der Waals surface area (Å²) in [5, 5.41) is 7.37. The quantitative estimate of drug-likeness (QED) is 0.584. The van der Waals surface area contributed by atoms with Crippen molar-refractivity contribution >= 4 is 17.3 Å². The Bertz CT molecular complexity index is 871. The first-order valence-corrected chi connectivity index (χ1v) is 9.57. The van der Waals surface area contributed by atoms with Gasteiger partial charge in [-0.25, -0.2) is 19.4 Å². The summed E-state index contributed by atoms with van der Waals surface area (Å²) >= 11 is 1.60. The van der Waals surface area contributed by atoms with Crippen LogP contribution in [0.25, 0.3) is 5.82 Å². The van der Waals surface area contributed by atoms with Gasteiger partial charge in [-0.05, 0) is 30.9 Å². The van der Waals surface area contributed by atoms with Crippen molar-refractivity contribution in [3.8, 4) is 5.82 Å². The van der Waals surface area contributed by atoms with Crippen molar-refractivity contribution in [3.63, 3.8) is 0 Å². The molecule has 0 unspecified atom stereocenters. The monoisotopic (exact) mass is 370 g/mol. The number of aryl methyl sites for hydroxylation is 1. The molecule has 3 aromatic heterocycles. The second-order valence-corrected chi connectivity index (χ2v) is 7.20. The van der Waals surface area contributed by atoms with Gasteiger partial charge < -0.3 is 4.74 Å². The molecule has 0 aromatic carbocycles. The van der Waals surface area contributed by atoms with Crippen LogP contribution in [0.4, 0.5) is 0 Å². The lowest BCUT2D eigenvalue weighted by atomic mass is 10.1. The van der Waals surface area contributed by atoms with E-state index in [1.54, 1.807) is 28.4 Å². The Morgan fingerprint density at radius 2 is 2.19 bits per heavy atom. The molecule has 6 nitrogen and oxygen atoms in total. The van der Waals surface area contributed by atoms with Gasteiger partial charge in [-0.15, -0.1) is 11.3 Å². The highest BCUT2D eigenvalue weighted by Gasteiger charge is 2.22. The molecule has 0 fully saturated rings. The number of hydrogen-bond acceptors (Lipinski definition) is 6. The molecule has 26 heavy (non-hydrogen) atoms. The molecule has 0 aliphatic heterocycles. The molecule has 0 amide bonds. The normalized spacial score (nSPS) is 11.1. The highest BCUT2D eigenvalue weighted by atomic mass is 32.1. The fourth-order valence-electron chi connectivity index (χ4n) is 2.69. The van der Waals surface area contributed by atoms with E-state index in [4.69, 9.17) is 4.74 Å². The number of carbonyl (C=O) groups is 1. The van der Waals surface area contributed by atoms with Gasteiger partial charge >= 0.3 is 5.97 Å². The lowest BCUT2D eigenvalue weighted by Gasteiger charge is -2.11. The molecule has 3 rings (SSSR count). The van der Waals surface area contributed by atoms with Crippen LogP contribution in [0, 0.1) is 0 Å². The Kier molecular flexibility index (Phi) is 5.78. The minimum Gasteiger partial charge on any atom is -0.455 e. The van der Waals surface area contributed by atoms with E-state index in [1.165, 1.54) is 0 Å². The van der Waals surface area contributed by atoms with E-state index in [2.05, 4.69) is 22.0 Å². The first kappa shape index (κ1) is 18.3. The summed E-state index contributed by atoms with van der Waals surface area (Å²) in [5.41, 5.74) is 2.04. The molecule has 0 N–H and O–H groups in total. The van der Waals surface area contributed by atoms with E-state index in [9.17, 15) is 4.79 Å². The van der Waals surface area contributed by atoms with Gasteiger partial charge in [-0.2, -0.15) is 5.10 Å². The summed E-state index contributed by atoms with van der Waals surface area (Å²) in [6, 6.07) is 5.60. The van der Waals surface area contributed by atoms with E-state index in [1.807, 2.05) is 37.4 Å². The number of aromatic nitrogens is 4. The second kappa shape index (κ2) is 8.23. The molecule has 0 saturated heterocycles. The minimum absolute atomic E-state index is 0.0949. The van der Waals surface area contributed by atoms with Crippen molar-refractivity contribution in [2.24, 2.45) is 0 Å². The van der Waals surface area contributed by atoms with Gasteiger partial charge in [0, 0.05) is 11.6 Å². The Morgan fingerprint density at radius 3 is 2.88 bits per heavy atom. The first-order valence-electron chi connectivity index (χ1n) is 8.69. The van der Waals surface area contributed by atoms with E-state index in [0.29, 0.717) is 11.4 Å². The molecule has 0 radical (unpaired) electrons. The zero-order chi connectivity index (χ0) is 18.5. The number of carbonyl (C=O) groups excluding carboxylic acids is 1. The molecule has 7 heteroatoms. The summed E-state index contributed by atoms with van der Waals surface area (Å²) in [4.78, 5) is 21.4. The fraction of sp³-hybridized carbons (Fsp3) is 0.368. The minimum atomic E-state index is -0.388. The SMILES string of the molecule is CCCc1nc(COC(=O)c2cnn(-c3ccccn3)c2C(C)C)cs1. The number of hydrogen-bond donors (Lipinski definition) is 0. The lowest BCUT2D eigenvalue weighted by molar-refractivity contribution is 0.0466. The van der Waals surface area contributed by atoms with Crippen LogP contribution in [-0.4, -0.2) is 25.7 Å². The molecule has 3 heterocycles. The molecule has 0 atom stereocenters. The van der Waals surface area contributed by atoms with Crippen LogP contribution in [-0.2, 0) is 17.8 Å². The van der Waals surface area contributed by atoms with Crippen molar-refractivity contribution in [3.05, 3.63) is 57.9 Å². The van der Waals surface area contributed by atoms with Crippen LogP contribution in [0.15, 0.2) is 36.0 Å². The van der Waals surface area contributed by atoms with Crippen LogP contribution in [0.5, 0.6) is 0 Å². The number of esters is 1. The zero-order valence-electron chi connectivity index (χ0n) is 15.2. The van der Waals surface area contributed by atoms with E-state index < -0.39 is 0 Å². The van der Waals surface area contributed by atoms with Crippen LogP contribution in [0.3, 0.4) is 0 Å². The summed E-state index contributed by atoms with van der Waals surface area (Å²) < 4.78 is 7.18. The number of rotatable bonds is 7. The van der Waals surface area contributed by atoms with Crippen molar-refractivity contribution in [1.82, 2.24) is 19.7 Å². The second-order valence-electron chi connectivity index (χ2n) is 6.26. The topological polar surface area (TPSA) is 69.9 Å². The molecule has 136 valence electrons. The summed E-state index contributed by atoms with van der Waals surface area (Å²) in [6.07, 6.45) is 5.26. The Hall–Kier alpha value is -2.54. The standard InChI is InChI=1S/C19H22N4O2S/c1-4-7-17-22-14(12-26-17)11-25-19(24)15-10-21-23(18(15)13(2)3)16-8-5-6-9-20-16/h5-6,8-10,12-13H,4,7,11H2,1-3H3. The molecule has 0 aliphatic rings. The van der Waals surface area contributed by atoms with Crippen molar-refractivity contribution in [2.75, 3.05) is 0 Å². The van der Waals surface area contributed by atoms with Crippen molar-refractivity contribution in [1.29, 1.82) is 0 Å². The zero-order valence-corrected chi connectivity index (χ0v) is 16.0. The van der Waals surface area contributed by atoms with Crippen molar-refractivity contribution < 1.29 is 9.53 Å². The predicted octanol–water partition coefficient (Wildman–Crippen LogP) is 4.16. The number of ether oxygens (including phenoxy) is 1. The van der Waals surface area contributed by atoms with Gasteiger partial charge in [0.2, 0.25) is 0 Å². The Labute approximate surface area is 156 Å². The Balaban J connectivity index is 1.77. The van der Waals surface area contributed by atoms with E-state index >= 15 is 0 Å². The maximum atomic E-state index is 12.6. The molecule has 0 bridgehead atoms. The van der Waals surface area contributed by atoms with Gasteiger partial charge in [0.25, 0.3) is 0 Å². The highest BCUT2D eigenvalue weighted by molar-refractivity contribution is 7.09. The van der Waals surface area contributed by atoms with E-state index in [-0.39, 0.29) is 18.5 Å². The van der Waals surface area contributed by atoms with Gasteiger partial charge in [0.1, 0.15) is 12.2 Å². The molecular weight excluding hydrogens is 348 g/mol. The lowest BCUT2D eigenvalue weighted by Crippen LogP contribution is -2.12. The fourth-order valence-corrected chi connectivity index (χ4v) is 3.58. The highest BCUT2D eigenvalue weighted by Crippen LogP contribution is 2.23. The molecule has 0 saturated carbocycles. The molecule has 0 spiro atoms. The largest absolute Gasteiger partial charge is 0.455 e. The number of thiazole rings is 1. The third kappa shape index (κ3) is 3.99. The average Bonchev–Trinajstić information content (AvgIpc) is 3.28. The maximum absolute atomic E-state index is 12.6. The van der Waals surface area contributed by atoms with Crippen LogP contribution >= 0.6 is 11.3 Å². The van der Waals surface area contributed by atoms with Gasteiger partial charge in [-0.1, -0.05) is 26.8 Å². The Morgan fingerprint density at radius 1 is 1.35 bits per heavy atom. The van der Waals surface area contributed by atoms with Gasteiger partial charge in [0.15, 0.2) is 5.82 Å². The number of nitrogens with zero attached hydrogens (tertiary/aromatic N) is 4. The maximum Gasteiger partial charge on any atom is 0.342 e. The summed E-state index contributed by atoms with van der Waals surface area (Å²) in [6.45, 7) is 6.33. The molecule has 0 aliphatic carbocycles. The smallest absolute Gasteiger partial charge is 0.342 e. The van der Waals surface area contributed by atoms with Gasteiger partial charge in [-0.3, -0.25) is 0 Å². The average molecular weight is 370 g/mol. The van der Waals surface area contributed by atoms with Crippen LogP contribution in [0.2, 0.25) is 0 Å². The summed E-state index contributed by atoms with van der Waals surface area (Å²) in [5.74, 6) is 0.386. The summed E-state index contributed by atoms with van der Waals surface area (Å²) in [7, 11) is 0. The van der Waals surface area contributed by atoms with Crippen molar-refractivity contribution in [2.45, 2.75) is 46.1 Å². The predicted molar refractivity (Wildman–Crippen MR) is 101 cm³/mol. The van der Waals surface area contributed by atoms with Crippen LogP contribution in [0.1, 0.15) is 59.9 Å². The third-order valence-electron chi connectivity index (χ3n) is 3.85. The first-order chi connectivity index (χ1) is 12.6. The number of pyridine rings is 1. The van der Waals surface area contributed by atoms with Gasteiger partial charge in [0.05, 0.1) is 22.6 Å². The molecule has 3 aromatic rings. The third-order valence-corrected chi connectivity index (χ3v) is 4.81. The van der Waals surface area contributed by atoms with Crippen LogP contribution < -0.4 is 0 Å².